The molecule has 1 rings (SSSR count). The van der Waals surface area contributed by atoms with Crippen LogP contribution in [0.1, 0.15) is 32.3 Å². The van der Waals surface area contributed by atoms with E-state index in [4.69, 9.17) is 10.9 Å². The van der Waals surface area contributed by atoms with Crippen LogP contribution in [0.15, 0.2) is 35.5 Å². The van der Waals surface area contributed by atoms with Gasteiger partial charge < -0.3 is 15.8 Å². The number of oxime groups is 1. The zero-order chi connectivity index (χ0) is 15.8. The molecule has 0 heterocycles. The molecule has 0 radical (unpaired) electrons. The number of hydrogen-bond acceptors (Lipinski definition) is 3. The van der Waals surface area contributed by atoms with Gasteiger partial charge in [0, 0.05) is 13.1 Å². The molecule has 0 aliphatic rings. The van der Waals surface area contributed by atoms with Crippen LogP contribution in [0.3, 0.4) is 0 Å². The van der Waals surface area contributed by atoms with Crippen molar-refractivity contribution in [3.63, 3.8) is 0 Å². The van der Waals surface area contributed by atoms with Crippen LogP contribution in [-0.4, -0.2) is 34.9 Å². The summed E-state index contributed by atoms with van der Waals surface area (Å²) in [7, 11) is 1.78. The smallest absolute Gasteiger partial charge is 0.233 e. The molecule has 0 spiro atoms. The first kappa shape index (κ1) is 17.0. The van der Waals surface area contributed by atoms with E-state index in [1.165, 1.54) is 0 Å². The summed E-state index contributed by atoms with van der Waals surface area (Å²) in [6.07, 6.45) is 2.19. The molecule has 116 valence electrons. The van der Waals surface area contributed by atoms with Crippen molar-refractivity contribution < 1.29 is 10.0 Å². The number of hydrogen-bond donors (Lipinski definition) is 2. The SMILES string of the molecule is CCC(CC)N(C)C(=O)C(Cc1ccccc1)C(N)=NO. The van der Waals surface area contributed by atoms with Gasteiger partial charge >= 0.3 is 0 Å². The van der Waals surface area contributed by atoms with Crippen molar-refractivity contribution in [2.24, 2.45) is 16.8 Å². The van der Waals surface area contributed by atoms with E-state index in [1.807, 2.05) is 44.2 Å². The van der Waals surface area contributed by atoms with E-state index in [0.29, 0.717) is 6.42 Å². The van der Waals surface area contributed by atoms with E-state index >= 15 is 0 Å². The van der Waals surface area contributed by atoms with Crippen molar-refractivity contribution in [1.82, 2.24) is 4.90 Å². The van der Waals surface area contributed by atoms with Crippen molar-refractivity contribution in [3.8, 4) is 0 Å². The number of nitrogens with zero attached hydrogens (tertiary/aromatic N) is 2. The van der Waals surface area contributed by atoms with Gasteiger partial charge in [0.2, 0.25) is 5.91 Å². The molecule has 1 aromatic carbocycles. The quantitative estimate of drug-likeness (QED) is 0.350. The third-order valence-electron chi connectivity index (χ3n) is 3.89. The molecule has 0 saturated heterocycles. The first-order chi connectivity index (χ1) is 10.0. The Morgan fingerprint density at radius 2 is 1.86 bits per heavy atom. The fourth-order valence-corrected chi connectivity index (χ4v) is 2.50. The normalized spacial score (nSPS) is 13.2. The van der Waals surface area contributed by atoms with Crippen molar-refractivity contribution in [1.29, 1.82) is 0 Å². The lowest BCUT2D eigenvalue weighted by Crippen LogP contribution is -2.45. The van der Waals surface area contributed by atoms with Gasteiger partial charge in [-0.15, -0.1) is 0 Å². The Hall–Kier alpha value is -2.04. The van der Waals surface area contributed by atoms with Crippen LogP contribution in [0.5, 0.6) is 0 Å². The summed E-state index contributed by atoms with van der Waals surface area (Å²) >= 11 is 0. The number of amidine groups is 1. The Kier molecular flexibility index (Phi) is 6.72. The molecule has 0 aliphatic heterocycles. The van der Waals surface area contributed by atoms with Gasteiger partial charge in [0.25, 0.3) is 0 Å². The molecule has 0 saturated carbocycles. The van der Waals surface area contributed by atoms with Crippen LogP contribution in [0.4, 0.5) is 0 Å². The highest BCUT2D eigenvalue weighted by Crippen LogP contribution is 2.15. The number of benzene rings is 1. The van der Waals surface area contributed by atoms with Gasteiger partial charge in [-0.2, -0.15) is 0 Å². The number of nitrogens with two attached hydrogens (primary N) is 1. The van der Waals surface area contributed by atoms with E-state index in [2.05, 4.69) is 5.16 Å². The van der Waals surface area contributed by atoms with Gasteiger partial charge in [-0.3, -0.25) is 4.79 Å². The number of amides is 1. The molecule has 0 aliphatic carbocycles. The summed E-state index contributed by atoms with van der Waals surface area (Å²) in [4.78, 5) is 14.4. The van der Waals surface area contributed by atoms with E-state index < -0.39 is 5.92 Å². The predicted molar refractivity (Wildman–Crippen MR) is 84.2 cm³/mol. The molecule has 1 aromatic rings. The van der Waals surface area contributed by atoms with E-state index in [1.54, 1.807) is 11.9 Å². The topological polar surface area (TPSA) is 78.9 Å². The van der Waals surface area contributed by atoms with Crippen LogP contribution < -0.4 is 5.73 Å². The predicted octanol–water partition coefficient (Wildman–Crippen LogP) is 2.24. The average Bonchev–Trinajstić information content (AvgIpc) is 2.53. The summed E-state index contributed by atoms with van der Waals surface area (Å²) in [6, 6.07) is 9.77. The van der Waals surface area contributed by atoms with Gasteiger partial charge in [-0.1, -0.05) is 49.3 Å². The second-order valence-corrected chi connectivity index (χ2v) is 5.19. The van der Waals surface area contributed by atoms with Gasteiger partial charge in [0.1, 0.15) is 5.92 Å². The van der Waals surface area contributed by atoms with Gasteiger partial charge in [0.15, 0.2) is 5.84 Å². The van der Waals surface area contributed by atoms with Gasteiger partial charge in [-0.05, 0) is 24.8 Å². The largest absolute Gasteiger partial charge is 0.409 e. The molecule has 5 heteroatoms. The summed E-state index contributed by atoms with van der Waals surface area (Å²) in [5, 5.41) is 12.0. The highest BCUT2D eigenvalue weighted by atomic mass is 16.4. The molecular formula is C16H25N3O2. The monoisotopic (exact) mass is 291 g/mol. The van der Waals surface area contributed by atoms with Crippen LogP contribution in [0.25, 0.3) is 0 Å². The van der Waals surface area contributed by atoms with E-state index in [-0.39, 0.29) is 17.8 Å². The van der Waals surface area contributed by atoms with Crippen LogP contribution in [0.2, 0.25) is 0 Å². The minimum Gasteiger partial charge on any atom is -0.409 e. The van der Waals surface area contributed by atoms with E-state index in [0.717, 1.165) is 18.4 Å². The average molecular weight is 291 g/mol. The highest BCUT2D eigenvalue weighted by molar-refractivity contribution is 6.02. The van der Waals surface area contributed by atoms with Crippen molar-refractivity contribution >= 4 is 11.7 Å². The Balaban J connectivity index is 2.95. The zero-order valence-corrected chi connectivity index (χ0v) is 13.0. The second kappa shape index (κ2) is 8.29. The maximum atomic E-state index is 12.7. The lowest BCUT2D eigenvalue weighted by Gasteiger charge is -2.29. The highest BCUT2D eigenvalue weighted by Gasteiger charge is 2.29. The molecule has 1 unspecified atom stereocenters. The summed E-state index contributed by atoms with van der Waals surface area (Å²) in [5.41, 5.74) is 6.73. The third-order valence-corrected chi connectivity index (χ3v) is 3.89. The second-order valence-electron chi connectivity index (χ2n) is 5.19. The Morgan fingerprint density at radius 1 is 1.29 bits per heavy atom. The fourth-order valence-electron chi connectivity index (χ4n) is 2.50. The van der Waals surface area contributed by atoms with Crippen LogP contribution in [-0.2, 0) is 11.2 Å². The molecule has 1 amide bonds. The Labute approximate surface area is 126 Å². The molecule has 0 aromatic heterocycles. The first-order valence-corrected chi connectivity index (χ1v) is 7.33. The van der Waals surface area contributed by atoms with Crippen LogP contribution in [0, 0.1) is 5.92 Å². The summed E-state index contributed by atoms with van der Waals surface area (Å²) in [6.45, 7) is 4.10. The maximum absolute atomic E-state index is 12.7. The van der Waals surface area contributed by atoms with Crippen LogP contribution >= 0.6 is 0 Å². The molecule has 0 fully saturated rings. The molecule has 3 N–H and O–H groups in total. The fraction of sp³-hybridized carbons (Fsp3) is 0.500. The minimum atomic E-state index is -0.636. The maximum Gasteiger partial charge on any atom is 0.233 e. The lowest BCUT2D eigenvalue weighted by molar-refractivity contribution is -0.134. The number of rotatable bonds is 7. The van der Waals surface area contributed by atoms with Crippen molar-refractivity contribution in [3.05, 3.63) is 35.9 Å². The Bertz CT molecular complexity index is 470. The van der Waals surface area contributed by atoms with Gasteiger partial charge in [0.05, 0.1) is 0 Å². The number of carbonyl (C=O) groups excluding carboxylic acids is 1. The van der Waals surface area contributed by atoms with Gasteiger partial charge in [-0.25, -0.2) is 0 Å². The Morgan fingerprint density at radius 3 is 2.33 bits per heavy atom. The van der Waals surface area contributed by atoms with Crippen molar-refractivity contribution in [2.75, 3.05) is 7.05 Å². The summed E-state index contributed by atoms with van der Waals surface area (Å²) < 4.78 is 0. The molecule has 5 nitrogen and oxygen atoms in total. The van der Waals surface area contributed by atoms with Crippen molar-refractivity contribution in [2.45, 2.75) is 39.2 Å². The third kappa shape index (κ3) is 4.48. The summed E-state index contributed by atoms with van der Waals surface area (Å²) in [5.74, 6) is -0.785. The minimum absolute atomic E-state index is 0.0401. The first-order valence-electron chi connectivity index (χ1n) is 7.33. The zero-order valence-electron chi connectivity index (χ0n) is 13.0. The molecule has 0 bridgehead atoms. The van der Waals surface area contributed by atoms with E-state index in [9.17, 15) is 4.79 Å². The molecule has 1 atom stereocenters. The lowest BCUT2D eigenvalue weighted by atomic mass is 9.96. The molecule has 21 heavy (non-hydrogen) atoms. The number of carbonyl (C=O) groups is 1. The molecular weight excluding hydrogens is 266 g/mol. The standard InChI is InChI=1S/C16H25N3O2/c1-4-13(5-2)19(3)16(20)14(15(17)18-21)11-12-9-7-6-8-10-12/h6-10,13-14,21H,4-5,11H2,1-3H3,(H2,17,18).